The van der Waals surface area contributed by atoms with Gasteiger partial charge in [-0.3, -0.25) is 4.72 Å². The normalized spacial score (nSPS) is 11.4. The molecular formula is C9H9BrN4O2S2. The second-order valence-electron chi connectivity index (χ2n) is 3.49. The van der Waals surface area contributed by atoms with Crippen LogP contribution in [0, 0.1) is 6.92 Å². The van der Waals surface area contributed by atoms with Gasteiger partial charge >= 0.3 is 0 Å². The van der Waals surface area contributed by atoms with Crippen LogP contribution in [-0.4, -0.2) is 18.6 Å². The Morgan fingerprint density at radius 3 is 2.78 bits per heavy atom. The van der Waals surface area contributed by atoms with Crippen molar-refractivity contribution in [3.8, 4) is 0 Å². The number of aryl methyl sites for hydroxylation is 1. The number of halogens is 1. The Bertz CT molecular complexity index is 670. The summed E-state index contributed by atoms with van der Waals surface area (Å²) in [5.74, 6) is 0. The number of anilines is 2. The predicted octanol–water partition coefficient (Wildman–Crippen LogP) is 1.99. The largest absolute Gasteiger partial charge is 0.398 e. The molecule has 2 aromatic rings. The third-order valence-corrected chi connectivity index (χ3v) is 5.07. The maximum Gasteiger partial charge on any atom is 0.264 e. The third kappa shape index (κ3) is 2.62. The first kappa shape index (κ1) is 13.2. The molecule has 0 fully saturated rings. The van der Waals surface area contributed by atoms with E-state index in [1.807, 2.05) is 0 Å². The average Bonchev–Trinajstić information content (AvgIpc) is 2.75. The molecule has 1 aromatic carbocycles. The number of benzene rings is 1. The molecule has 2 rings (SSSR count). The Morgan fingerprint density at radius 2 is 2.17 bits per heavy atom. The summed E-state index contributed by atoms with van der Waals surface area (Å²) in [6.07, 6.45) is 0. The number of hydrogen-bond acceptors (Lipinski definition) is 6. The first-order valence-electron chi connectivity index (χ1n) is 4.75. The molecular weight excluding hydrogens is 340 g/mol. The van der Waals surface area contributed by atoms with Crippen LogP contribution >= 0.6 is 27.3 Å². The summed E-state index contributed by atoms with van der Waals surface area (Å²) in [4.78, 5) is 0.124. The van der Waals surface area contributed by atoms with Crippen molar-refractivity contribution < 1.29 is 8.42 Å². The molecule has 1 aromatic heterocycles. The average molecular weight is 349 g/mol. The maximum atomic E-state index is 12.1. The zero-order chi connectivity index (χ0) is 13.3. The van der Waals surface area contributed by atoms with Gasteiger partial charge in [-0.2, -0.15) is 0 Å². The molecule has 0 radical (unpaired) electrons. The number of nitrogens with two attached hydrogens (primary N) is 1. The minimum absolute atomic E-state index is 0.124. The molecule has 18 heavy (non-hydrogen) atoms. The summed E-state index contributed by atoms with van der Waals surface area (Å²) in [7, 11) is -3.70. The number of nitrogens with zero attached hydrogens (tertiary/aromatic N) is 2. The molecule has 1 heterocycles. The number of sulfonamides is 1. The summed E-state index contributed by atoms with van der Waals surface area (Å²) in [6.45, 7) is 1.69. The topological polar surface area (TPSA) is 98.0 Å². The Balaban J connectivity index is 2.44. The standard InChI is InChI=1S/C9H9BrN4O2S2/c1-5-2-6(10)7(11)3-8(5)18(15,16)14-9-13-12-4-17-9/h2-4H,11H2,1H3,(H,13,14). The lowest BCUT2D eigenvalue weighted by Crippen LogP contribution is -2.14. The van der Waals surface area contributed by atoms with Crippen molar-refractivity contribution in [1.29, 1.82) is 0 Å². The van der Waals surface area contributed by atoms with E-state index in [-0.39, 0.29) is 10.0 Å². The SMILES string of the molecule is Cc1cc(Br)c(N)cc1S(=O)(=O)Nc1nncs1. The van der Waals surface area contributed by atoms with Crippen LogP contribution in [0.2, 0.25) is 0 Å². The minimum atomic E-state index is -3.70. The highest BCUT2D eigenvalue weighted by Gasteiger charge is 2.19. The van der Waals surface area contributed by atoms with Gasteiger partial charge in [0.05, 0.1) is 4.90 Å². The van der Waals surface area contributed by atoms with Crippen molar-refractivity contribution >= 4 is 48.1 Å². The maximum absolute atomic E-state index is 12.1. The van der Waals surface area contributed by atoms with Gasteiger partial charge in [0.25, 0.3) is 10.0 Å². The molecule has 96 valence electrons. The van der Waals surface area contributed by atoms with E-state index in [0.29, 0.717) is 15.7 Å². The Hall–Kier alpha value is -1.19. The molecule has 0 unspecified atom stereocenters. The molecule has 0 aliphatic rings. The van der Waals surface area contributed by atoms with E-state index in [4.69, 9.17) is 5.73 Å². The van der Waals surface area contributed by atoms with Gasteiger partial charge in [-0.15, -0.1) is 10.2 Å². The highest BCUT2D eigenvalue weighted by molar-refractivity contribution is 9.10. The fourth-order valence-corrected chi connectivity index (χ4v) is 3.76. The minimum Gasteiger partial charge on any atom is -0.398 e. The number of hydrogen-bond donors (Lipinski definition) is 2. The summed E-state index contributed by atoms with van der Waals surface area (Å²) < 4.78 is 27.3. The van der Waals surface area contributed by atoms with Gasteiger partial charge in [-0.05, 0) is 40.5 Å². The Kier molecular flexibility index (Phi) is 3.55. The van der Waals surface area contributed by atoms with Gasteiger partial charge < -0.3 is 5.73 Å². The summed E-state index contributed by atoms with van der Waals surface area (Å²) >= 11 is 4.35. The van der Waals surface area contributed by atoms with Crippen molar-refractivity contribution in [2.24, 2.45) is 0 Å². The molecule has 0 aliphatic heterocycles. The van der Waals surface area contributed by atoms with Gasteiger partial charge in [0.1, 0.15) is 5.51 Å². The highest BCUT2D eigenvalue weighted by atomic mass is 79.9. The molecule has 0 amide bonds. The molecule has 3 N–H and O–H groups in total. The van der Waals surface area contributed by atoms with Gasteiger partial charge in [0, 0.05) is 10.2 Å². The van der Waals surface area contributed by atoms with Crippen LogP contribution in [0.15, 0.2) is 27.0 Å². The van der Waals surface area contributed by atoms with Crippen LogP contribution in [0.3, 0.4) is 0 Å². The van der Waals surface area contributed by atoms with E-state index >= 15 is 0 Å². The fraction of sp³-hybridized carbons (Fsp3) is 0.111. The Labute approximate surface area is 116 Å². The second kappa shape index (κ2) is 4.82. The van der Waals surface area contributed by atoms with Crippen molar-refractivity contribution in [3.63, 3.8) is 0 Å². The third-order valence-electron chi connectivity index (χ3n) is 2.17. The van der Waals surface area contributed by atoms with Crippen molar-refractivity contribution in [2.45, 2.75) is 11.8 Å². The van der Waals surface area contributed by atoms with Crippen molar-refractivity contribution in [3.05, 3.63) is 27.7 Å². The lowest BCUT2D eigenvalue weighted by molar-refractivity contribution is 0.600. The Morgan fingerprint density at radius 1 is 1.44 bits per heavy atom. The molecule has 0 saturated carbocycles. The zero-order valence-electron chi connectivity index (χ0n) is 9.21. The van der Waals surface area contributed by atoms with Gasteiger partial charge in [-0.25, -0.2) is 8.42 Å². The first-order valence-corrected chi connectivity index (χ1v) is 7.90. The number of nitrogen functional groups attached to an aromatic ring is 1. The van der Waals surface area contributed by atoms with Crippen LogP contribution in [0.25, 0.3) is 0 Å². The lowest BCUT2D eigenvalue weighted by atomic mass is 10.2. The number of rotatable bonds is 3. The fourth-order valence-electron chi connectivity index (χ4n) is 1.35. The van der Waals surface area contributed by atoms with Crippen molar-refractivity contribution in [1.82, 2.24) is 10.2 Å². The molecule has 0 bridgehead atoms. The lowest BCUT2D eigenvalue weighted by Gasteiger charge is -2.09. The van der Waals surface area contributed by atoms with E-state index in [9.17, 15) is 8.42 Å². The van der Waals surface area contributed by atoms with Crippen LogP contribution in [0.5, 0.6) is 0 Å². The molecule has 9 heteroatoms. The van der Waals surface area contributed by atoms with E-state index in [1.54, 1.807) is 13.0 Å². The summed E-state index contributed by atoms with van der Waals surface area (Å²) in [5.41, 5.74) is 8.09. The molecule has 0 saturated heterocycles. The monoisotopic (exact) mass is 348 g/mol. The van der Waals surface area contributed by atoms with Crippen LogP contribution < -0.4 is 10.5 Å². The zero-order valence-corrected chi connectivity index (χ0v) is 12.4. The van der Waals surface area contributed by atoms with E-state index in [0.717, 1.165) is 11.3 Å². The van der Waals surface area contributed by atoms with Crippen LogP contribution in [0.4, 0.5) is 10.8 Å². The van der Waals surface area contributed by atoms with Crippen LogP contribution in [0.1, 0.15) is 5.56 Å². The van der Waals surface area contributed by atoms with E-state index in [2.05, 4.69) is 30.8 Å². The van der Waals surface area contributed by atoms with Gasteiger partial charge in [-0.1, -0.05) is 11.3 Å². The smallest absolute Gasteiger partial charge is 0.264 e. The van der Waals surface area contributed by atoms with Crippen LogP contribution in [-0.2, 0) is 10.0 Å². The van der Waals surface area contributed by atoms with E-state index < -0.39 is 10.0 Å². The molecule has 0 aliphatic carbocycles. The predicted molar refractivity (Wildman–Crippen MR) is 74.0 cm³/mol. The number of aromatic nitrogens is 2. The number of nitrogens with one attached hydrogen (secondary N) is 1. The van der Waals surface area contributed by atoms with E-state index in [1.165, 1.54) is 11.6 Å². The molecule has 0 spiro atoms. The van der Waals surface area contributed by atoms with Crippen molar-refractivity contribution in [2.75, 3.05) is 10.5 Å². The molecule has 6 nitrogen and oxygen atoms in total. The highest BCUT2D eigenvalue weighted by Crippen LogP contribution is 2.27. The summed E-state index contributed by atoms with van der Waals surface area (Å²) in [5, 5.41) is 7.42. The second-order valence-corrected chi connectivity index (χ2v) is 6.83. The van der Waals surface area contributed by atoms with Gasteiger partial charge in [0.15, 0.2) is 0 Å². The summed E-state index contributed by atoms with van der Waals surface area (Å²) in [6, 6.07) is 3.06. The quantitative estimate of drug-likeness (QED) is 0.826. The van der Waals surface area contributed by atoms with Gasteiger partial charge in [0.2, 0.25) is 5.13 Å². The first-order chi connectivity index (χ1) is 8.40. The molecule has 0 atom stereocenters.